The minimum Gasteiger partial charge on any atom is -0.480 e. The SMILES string of the molecule is N[C@H](Cc1ccccc1)[C@H](O)C(=O)NC(CC1CC(F)(F)C1)C(=O)O. The van der Waals surface area contributed by atoms with Gasteiger partial charge in [0.05, 0.1) is 0 Å². The van der Waals surface area contributed by atoms with Crippen LogP contribution in [0.4, 0.5) is 8.78 Å². The molecule has 0 aromatic heterocycles. The second kappa shape index (κ2) is 7.88. The maximum absolute atomic E-state index is 12.9. The van der Waals surface area contributed by atoms with Crippen LogP contribution in [0.1, 0.15) is 24.8 Å². The molecule has 0 spiro atoms. The lowest BCUT2D eigenvalue weighted by molar-refractivity contribution is -0.147. The van der Waals surface area contributed by atoms with Crippen LogP contribution in [0.3, 0.4) is 0 Å². The van der Waals surface area contributed by atoms with Crippen LogP contribution in [0.25, 0.3) is 0 Å². The summed E-state index contributed by atoms with van der Waals surface area (Å²) in [5, 5.41) is 21.4. The van der Waals surface area contributed by atoms with Crippen molar-refractivity contribution in [1.29, 1.82) is 0 Å². The van der Waals surface area contributed by atoms with Gasteiger partial charge in [0.2, 0.25) is 5.92 Å². The van der Waals surface area contributed by atoms with Crippen LogP contribution in [0, 0.1) is 5.92 Å². The Labute approximate surface area is 144 Å². The minimum absolute atomic E-state index is 0.0999. The molecule has 1 saturated carbocycles. The number of nitrogens with two attached hydrogens (primary N) is 1. The molecule has 0 radical (unpaired) electrons. The number of hydrogen-bond acceptors (Lipinski definition) is 4. The van der Waals surface area contributed by atoms with E-state index >= 15 is 0 Å². The number of halogens is 2. The molecule has 1 fully saturated rings. The maximum atomic E-state index is 12.9. The van der Waals surface area contributed by atoms with Gasteiger partial charge >= 0.3 is 5.97 Å². The predicted molar refractivity (Wildman–Crippen MR) is 86.0 cm³/mol. The maximum Gasteiger partial charge on any atom is 0.326 e. The zero-order valence-corrected chi connectivity index (χ0v) is 13.6. The van der Waals surface area contributed by atoms with Crippen molar-refractivity contribution in [3.05, 3.63) is 35.9 Å². The number of nitrogens with one attached hydrogen (secondary N) is 1. The molecule has 1 aromatic rings. The number of carboxylic acid groups (broad SMARTS) is 1. The van der Waals surface area contributed by atoms with Crippen molar-refractivity contribution in [2.24, 2.45) is 11.7 Å². The van der Waals surface area contributed by atoms with Crippen LogP contribution in [0.15, 0.2) is 30.3 Å². The highest BCUT2D eigenvalue weighted by Crippen LogP contribution is 2.44. The van der Waals surface area contributed by atoms with E-state index in [0.29, 0.717) is 0 Å². The monoisotopic (exact) mass is 356 g/mol. The summed E-state index contributed by atoms with van der Waals surface area (Å²) in [4.78, 5) is 23.3. The summed E-state index contributed by atoms with van der Waals surface area (Å²) in [6.07, 6.45) is -2.23. The molecule has 2 rings (SSSR count). The van der Waals surface area contributed by atoms with Gasteiger partial charge < -0.3 is 21.3 Å². The van der Waals surface area contributed by atoms with E-state index in [-0.39, 0.29) is 25.7 Å². The van der Waals surface area contributed by atoms with Crippen LogP contribution in [-0.4, -0.2) is 46.2 Å². The molecule has 0 bridgehead atoms. The highest BCUT2D eigenvalue weighted by atomic mass is 19.3. The molecule has 1 unspecified atom stereocenters. The Hall–Kier alpha value is -2.06. The van der Waals surface area contributed by atoms with E-state index in [1.807, 2.05) is 6.07 Å². The van der Waals surface area contributed by atoms with E-state index in [1.165, 1.54) is 0 Å². The van der Waals surface area contributed by atoms with Gasteiger partial charge in [-0.15, -0.1) is 0 Å². The number of hydrogen-bond donors (Lipinski definition) is 4. The summed E-state index contributed by atoms with van der Waals surface area (Å²) in [6.45, 7) is 0. The average molecular weight is 356 g/mol. The molecular formula is C17H22F2N2O4. The molecule has 1 aromatic carbocycles. The van der Waals surface area contributed by atoms with Crippen molar-refractivity contribution in [3.8, 4) is 0 Å². The number of aliphatic carboxylic acids is 1. The molecule has 0 saturated heterocycles. The molecule has 6 nitrogen and oxygen atoms in total. The second-order valence-corrected chi connectivity index (χ2v) is 6.56. The fourth-order valence-corrected chi connectivity index (χ4v) is 2.96. The van der Waals surface area contributed by atoms with Gasteiger partial charge in [0.1, 0.15) is 12.1 Å². The molecule has 25 heavy (non-hydrogen) atoms. The average Bonchev–Trinajstić information content (AvgIpc) is 2.52. The first-order valence-electron chi connectivity index (χ1n) is 8.06. The quantitative estimate of drug-likeness (QED) is 0.553. The number of aliphatic hydroxyl groups excluding tert-OH is 1. The summed E-state index contributed by atoms with van der Waals surface area (Å²) < 4.78 is 25.7. The molecule has 0 aliphatic heterocycles. The van der Waals surface area contributed by atoms with Gasteiger partial charge in [0, 0.05) is 18.9 Å². The fraction of sp³-hybridized carbons (Fsp3) is 0.529. The standard InChI is InChI=1S/C17H22F2N2O4/c18-17(19)8-11(9-17)7-13(16(24)25)21-15(23)14(22)12(20)6-10-4-2-1-3-5-10/h1-5,11-14,22H,6-9,20H2,(H,21,23)(H,24,25)/t12-,13?,14+/m1/s1. The molecular weight excluding hydrogens is 334 g/mol. The van der Waals surface area contributed by atoms with Crippen molar-refractivity contribution in [2.45, 2.75) is 49.8 Å². The van der Waals surface area contributed by atoms with Crippen LogP contribution >= 0.6 is 0 Å². The Morgan fingerprint density at radius 1 is 1.28 bits per heavy atom. The van der Waals surface area contributed by atoms with Gasteiger partial charge in [-0.2, -0.15) is 0 Å². The Kier molecular flexibility index (Phi) is 6.07. The van der Waals surface area contributed by atoms with Gasteiger partial charge in [0.25, 0.3) is 5.91 Å². The van der Waals surface area contributed by atoms with Crippen LogP contribution < -0.4 is 11.1 Å². The highest BCUT2D eigenvalue weighted by Gasteiger charge is 2.46. The number of carbonyl (C=O) groups is 2. The van der Waals surface area contributed by atoms with E-state index in [1.54, 1.807) is 24.3 Å². The van der Waals surface area contributed by atoms with Crippen molar-refractivity contribution in [2.75, 3.05) is 0 Å². The second-order valence-electron chi connectivity index (χ2n) is 6.56. The molecule has 8 heteroatoms. The molecule has 138 valence electrons. The third kappa shape index (κ3) is 5.47. The Morgan fingerprint density at radius 2 is 1.88 bits per heavy atom. The third-order valence-corrected chi connectivity index (χ3v) is 4.35. The first-order valence-corrected chi connectivity index (χ1v) is 8.06. The van der Waals surface area contributed by atoms with Crippen molar-refractivity contribution in [3.63, 3.8) is 0 Å². The Bertz CT molecular complexity index is 604. The molecule has 1 aliphatic carbocycles. The summed E-state index contributed by atoms with van der Waals surface area (Å²) in [5.74, 6) is -5.46. The first-order chi connectivity index (χ1) is 11.7. The van der Waals surface area contributed by atoms with Crippen molar-refractivity contribution in [1.82, 2.24) is 5.32 Å². The number of alkyl halides is 2. The van der Waals surface area contributed by atoms with Crippen LogP contribution in [0.5, 0.6) is 0 Å². The smallest absolute Gasteiger partial charge is 0.326 e. The largest absolute Gasteiger partial charge is 0.480 e. The van der Waals surface area contributed by atoms with Gasteiger partial charge in [-0.1, -0.05) is 30.3 Å². The van der Waals surface area contributed by atoms with Crippen LogP contribution in [-0.2, 0) is 16.0 Å². The summed E-state index contributed by atoms with van der Waals surface area (Å²) in [5.41, 5.74) is 6.65. The first kappa shape index (κ1) is 19.3. The van der Waals surface area contributed by atoms with Crippen molar-refractivity contribution >= 4 is 11.9 Å². The molecule has 5 N–H and O–H groups in total. The number of carbonyl (C=O) groups excluding carboxylic acids is 1. The minimum atomic E-state index is -2.75. The summed E-state index contributed by atoms with van der Waals surface area (Å²) in [6, 6.07) is 6.76. The van der Waals surface area contributed by atoms with Gasteiger partial charge in [0.15, 0.2) is 0 Å². The third-order valence-electron chi connectivity index (χ3n) is 4.35. The number of benzene rings is 1. The van der Waals surface area contributed by atoms with E-state index in [2.05, 4.69) is 5.32 Å². The molecule has 0 heterocycles. The zero-order valence-electron chi connectivity index (χ0n) is 13.6. The fourth-order valence-electron chi connectivity index (χ4n) is 2.96. The number of aliphatic hydroxyl groups is 1. The molecule has 3 atom stereocenters. The lowest BCUT2D eigenvalue weighted by atomic mass is 9.77. The van der Waals surface area contributed by atoms with E-state index in [4.69, 9.17) is 10.8 Å². The predicted octanol–water partition coefficient (Wildman–Crippen LogP) is 0.922. The van der Waals surface area contributed by atoms with Crippen LogP contribution in [0.2, 0.25) is 0 Å². The molecule has 1 amide bonds. The Morgan fingerprint density at radius 3 is 2.40 bits per heavy atom. The van der Waals surface area contributed by atoms with Gasteiger partial charge in [-0.3, -0.25) is 4.79 Å². The summed E-state index contributed by atoms with van der Waals surface area (Å²) >= 11 is 0. The number of carboxylic acids is 1. The van der Waals surface area contributed by atoms with Crippen molar-refractivity contribution < 1.29 is 28.6 Å². The van der Waals surface area contributed by atoms with Gasteiger partial charge in [-0.25, -0.2) is 13.6 Å². The normalized spacial score (nSPS) is 20.2. The van der Waals surface area contributed by atoms with E-state index in [9.17, 15) is 23.5 Å². The number of rotatable bonds is 8. The number of amides is 1. The summed E-state index contributed by atoms with van der Waals surface area (Å²) in [7, 11) is 0. The van der Waals surface area contributed by atoms with Gasteiger partial charge in [-0.05, 0) is 24.3 Å². The zero-order chi connectivity index (χ0) is 18.6. The lowest BCUT2D eigenvalue weighted by Crippen LogP contribution is -2.53. The molecule has 1 aliphatic rings. The highest BCUT2D eigenvalue weighted by molar-refractivity contribution is 5.86. The Balaban J connectivity index is 1.87. The topological polar surface area (TPSA) is 113 Å². The van der Waals surface area contributed by atoms with E-state index < -0.39 is 41.9 Å². The van der Waals surface area contributed by atoms with E-state index in [0.717, 1.165) is 5.56 Å². The lowest BCUT2D eigenvalue weighted by Gasteiger charge is -2.36.